The molecule has 0 bridgehead atoms. The average molecular weight is 375 g/mol. The van der Waals surface area contributed by atoms with E-state index in [9.17, 15) is 4.79 Å². The van der Waals surface area contributed by atoms with Crippen LogP contribution in [0, 0.1) is 0 Å². The van der Waals surface area contributed by atoms with Gasteiger partial charge in [0, 0.05) is 26.0 Å². The summed E-state index contributed by atoms with van der Waals surface area (Å²) in [6.45, 7) is 3.60. The molecule has 0 fully saturated rings. The number of halogens is 2. The first-order chi connectivity index (χ1) is 9.40. The molecule has 6 heteroatoms. The summed E-state index contributed by atoms with van der Waals surface area (Å²) in [6.07, 6.45) is -0.199. The van der Waals surface area contributed by atoms with Gasteiger partial charge in [0.1, 0.15) is 10.6 Å². The third kappa shape index (κ3) is 3.16. The molecule has 0 spiro atoms. The highest BCUT2D eigenvalue weighted by molar-refractivity contribution is 9.10. The van der Waals surface area contributed by atoms with Crippen LogP contribution in [-0.2, 0) is 4.74 Å². The molecule has 2 N–H and O–H groups in total. The van der Waals surface area contributed by atoms with Gasteiger partial charge in [-0.15, -0.1) is 11.3 Å². The largest absolute Gasteiger partial charge is 0.459 e. The van der Waals surface area contributed by atoms with Crippen molar-refractivity contribution in [2.24, 2.45) is 0 Å². The van der Waals surface area contributed by atoms with Gasteiger partial charge in [0.2, 0.25) is 0 Å². The minimum absolute atomic E-state index is 0.199. The molecule has 1 heterocycles. The molecule has 0 aliphatic rings. The number of thiophene rings is 1. The first-order valence-electron chi connectivity index (χ1n) is 5.93. The zero-order chi connectivity index (χ0) is 14.9. The Morgan fingerprint density at radius 3 is 2.70 bits per heavy atom. The fourth-order valence-electron chi connectivity index (χ4n) is 1.76. The van der Waals surface area contributed by atoms with Gasteiger partial charge >= 0.3 is 5.97 Å². The number of carbonyl (C=O) groups excluding carboxylic acids is 1. The fourth-order valence-corrected chi connectivity index (χ4v) is 3.34. The third-order valence-corrected chi connectivity index (χ3v) is 4.21. The Hall–Kier alpha value is -1.04. The first kappa shape index (κ1) is 15.4. The lowest BCUT2D eigenvalue weighted by atomic mass is 10.0. The number of hydrogen-bond acceptors (Lipinski definition) is 4. The zero-order valence-corrected chi connectivity index (χ0v) is 14.1. The molecule has 0 saturated carbocycles. The number of hydrogen-bond donors (Lipinski definition) is 1. The van der Waals surface area contributed by atoms with Crippen molar-refractivity contribution in [3.63, 3.8) is 0 Å². The molecule has 106 valence electrons. The zero-order valence-electron chi connectivity index (χ0n) is 10.9. The lowest BCUT2D eigenvalue weighted by Crippen LogP contribution is -2.13. The van der Waals surface area contributed by atoms with Crippen LogP contribution in [0.1, 0.15) is 24.2 Å². The predicted molar refractivity (Wildman–Crippen MR) is 87.4 cm³/mol. The summed E-state index contributed by atoms with van der Waals surface area (Å²) in [6, 6.07) is 5.50. The van der Waals surface area contributed by atoms with Gasteiger partial charge in [-0.05, 0) is 26.0 Å². The molecule has 3 nitrogen and oxygen atoms in total. The van der Waals surface area contributed by atoms with Gasteiger partial charge in [-0.2, -0.15) is 0 Å². The molecule has 1 aromatic carbocycles. The van der Waals surface area contributed by atoms with Crippen molar-refractivity contribution in [3.8, 4) is 11.1 Å². The van der Waals surface area contributed by atoms with Crippen molar-refractivity contribution >= 4 is 49.8 Å². The average Bonchev–Trinajstić information content (AvgIpc) is 2.70. The minimum atomic E-state index is -0.423. The van der Waals surface area contributed by atoms with Gasteiger partial charge in [-0.25, -0.2) is 4.79 Å². The smallest absolute Gasteiger partial charge is 0.342 e. The molecule has 0 saturated heterocycles. The molecule has 0 atom stereocenters. The normalized spacial score (nSPS) is 10.8. The van der Waals surface area contributed by atoms with E-state index in [1.807, 2.05) is 17.5 Å². The quantitative estimate of drug-likeness (QED) is 0.771. The second-order valence-corrected chi connectivity index (χ2v) is 6.70. The number of benzene rings is 1. The van der Waals surface area contributed by atoms with E-state index in [0.717, 1.165) is 10.0 Å². The van der Waals surface area contributed by atoms with Gasteiger partial charge in [-0.3, -0.25) is 0 Å². The van der Waals surface area contributed by atoms with E-state index in [2.05, 4.69) is 15.9 Å². The molecule has 0 amide bonds. The third-order valence-electron chi connectivity index (χ3n) is 2.59. The summed E-state index contributed by atoms with van der Waals surface area (Å²) in [5, 5.41) is 2.81. The van der Waals surface area contributed by atoms with Gasteiger partial charge in [0.25, 0.3) is 0 Å². The molecule has 0 aliphatic carbocycles. The Bertz CT molecular complexity index is 655. The van der Waals surface area contributed by atoms with Crippen LogP contribution < -0.4 is 5.73 Å². The van der Waals surface area contributed by atoms with Crippen molar-refractivity contribution in [1.29, 1.82) is 0 Å². The fraction of sp³-hybridized carbons (Fsp3) is 0.214. The van der Waals surface area contributed by atoms with Crippen molar-refractivity contribution in [1.82, 2.24) is 0 Å². The molecule has 0 radical (unpaired) electrons. The Balaban J connectivity index is 2.50. The number of carbonyl (C=O) groups is 1. The van der Waals surface area contributed by atoms with Crippen LogP contribution >= 0.6 is 38.9 Å². The highest BCUT2D eigenvalue weighted by Crippen LogP contribution is 2.38. The first-order valence-corrected chi connectivity index (χ1v) is 7.98. The van der Waals surface area contributed by atoms with E-state index in [1.54, 1.807) is 19.9 Å². The Labute approximate surface area is 134 Å². The van der Waals surface area contributed by atoms with Crippen LogP contribution in [-0.4, -0.2) is 12.1 Å². The van der Waals surface area contributed by atoms with E-state index in [0.29, 0.717) is 21.2 Å². The summed E-state index contributed by atoms with van der Waals surface area (Å²) < 4.78 is 6.11. The van der Waals surface area contributed by atoms with Gasteiger partial charge < -0.3 is 10.5 Å². The number of esters is 1. The maximum absolute atomic E-state index is 12.2. The lowest BCUT2D eigenvalue weighted by Gasteiger charge is -2.10. The summed E-state index contributed by atoms with van der Waals surface area (Å²) in [5.41, 5.74) is 7.75. The topological polar surface area (TPSA) is 52.3 Å². The lowest BCUT2D eigenvalue weighted by molar-refractivity contribution is 0.0380. The Morgan fingerprint density at radius 1 is 1.40 bits per heavy atom. The van der Waals surface area contributed by atoms with Crippen molar-refractivity contribution < 1.29 is 9.53 Å². The maximum Gasteiger partial charge on any atom is 0.342 e. The van der Waals surface area contributed by atoms with E-state index >= 15 is 0 Å². The molecule has 0 unspecified atom stereocenters. The molecular formula is C14H13BrClNO2S. The molecule has 1 aromatic heterocycles. The van der Waals surface area contributed by atoms with Crippen molar-refractivity contribution in [3.05, 3.63) is 38.6 Å². The van der Waals surface area contributed by atoms with E-state index in [4.69, 9.17) is 22.1 Å². The van der Waals surface area contributed by atoms with E-state index < -0.39 is 5.97 Å². The summed E-state index contributed by atoms with van der Waals surface area (Å²) >= 11 is 10.9. The molecule has 2 aromatic rings. The monoisotopic (exact) mass is 373 g/mol. The van der Waals surface area contributed by atoms with Crippen LogP contribution in [0.2, 0.25) is 5.02 Å². The summed E-state index contributed by atoms with van der Waals surface area (Å²) in [5.74, 6) is -0.423. The summed E-state index contributed by atoms with van der Waals surface area (Å²) in [7, 11) is 0. The second-order valence-electron chi connectivity index (χ2n) is 4.47. The number of rotatable bonds is 3. The van der Waals surface area contributed by atoms with E-state index in [-0.39, 0.29) is 6.10 Å². The second kappa shape index (κ2) is 6.16. The van der Waals surface area contributed by atoms with Crippen LogP contribution in [0.25, 0.3) is 11.1 Å². The van der Waals surface area contributed by atoms with Gasteiger partial charge in [0.05, 0.1) is 6.10 Å². The van der Waals surface area contributed by atoms with E-state index in [1.165, 1.54) is 11.3 Å². The standard InChI is InChI=1S/C14H13BrClNO2S/c1-7(2)19-14(18)12-10(6-20-13(12)17)9-4-3-8(15)5-11(9)16/h3-7H,17H2,1-2H3. The Morgan fingerprint density at radius 2 is 2.10 bits per heavy atom. The van der Waals surface area contributed by atoms with Crippen molar-refractivity contribution in [2.75, 3.05) is 5.73 Å². The minimum Gasteiger partial charge on any atom is -0.459 e. The van der Waals surface area contributed by atoms with Crippen molar-refractivity contribution in [2.45, 2.75) is 20.0 Å². The molecular weight excluding hydrogens is 362 g/mol. The van der Waals surface area contributed by atoms with Gasteiger partial charge in [0.15, 0.2) is 0 Å². The number of nitrogens with two attached hydrogens (primary N) is 1. The number of nitrogen functional groups attached to an aromatic ring is 1. The number of anilines is 1. The van der Waals surface area contributed by atoms with Gasteiger partial charge in [-0.1, -0.05) is 33.6 Å². The summed E-state index contributed by atoms with van der Waals surface area (Å²) in [4.78, 5) is 12.2. The molecule has 0 aliphatic heterocycles. The van der Waals surface area contributed by atoms with Crippen LogP contribution in [0.5, 0.6) is 0 Å². The van der Waals surface area contributed by atoms with Crippen LogP contribution in [0.15, 0.2) is 28.1 Å². The highest BCUT2D eigenvalue weighted by atomic mass is 79.9. The molecule has 20 heavy (non-hydrogen) atoms. The number of ether oxygens (including phenoxy) is 1. The van der Waals surface area contributed by atoms with Crippen LogP contribution in [0.4, 0.5) is 5.00 Å². The maximum atomic E-state index is 12.2. The Kier molecular flexibility index (Phi) is 4.73. The van der Waals surface area contributed by atoms with Crippen LogP contribution in [0.3, 0.4) is 0 Å². The highest BCUT2D eigenvalue weighted by Gasteiger charge is 2.22. The predicted octanol–water partition coefficient (Wildman–Crippen LogP) is 4.98. The molecule has 2 rings (SSSR count). The SMILES string of the molecule is CC(C)OC(=O)c1c(-c2ccc(Br)cc2Cl)csc1N.